The molecule has 1 amide bonds. The van der Waals surface area contributed by atoms with Gasteiger partial charge >= 0.3 is 0 Å². The van der Waals surface area contributed by atoms with Crippen LogP contribution in [0, 0.1) is 0 Å². The molecular weight excluding hydrogens is 208 g/mol. The second-order valence-electron chi connectivity index (χ2n) is 4.04. The van der Waals surface area contributed by atoms with E-state index in [0.29, 0.717) is 12.5 Å². The fourth-order valence-electron chi connectivity index (χ4n) is 1.43. The van der Waals surface area contributed by atoms with E-state index in [4.69, 9.17) is 5.73 Å². The summed E-state index contributed by atoms with van der Waals surface area (Å²) in [5.74, 6) is 1.23. The summed E-state index contributed by atoms with van der Waals surface area (Å²) in [5.41, 5.74) is 5.63. The Bertz CT molecular complexity index is 185. The maximum absolute atomic E-state index is 11.8. The van der Waals surface area contributed by atoms with Crippen LogP contribution < -0.4 is 5.73 Å². The molecule has 15 heavy (non-hydrogen) atoms. The van der Waals surface area contributed by atoms with Gasteiger partial charge in [0, 0.05) is 31.3 Å². The Labute approximate surface area is 97.8 Å². The monoisotopic (exact) mass is 232 g/mol. The average molecular weight is 232 g/mol. The summed E-state index contributed by atoms with van der Waals surface area (Å²) in [6, 6.07) is 0.476. The number of carbonyl (C=O) groups is 1. The van der Waals surface area contributed by atoms with Crippen LogP contribution in [-0.2, 0) is 4.79 Å². The lowest BCUT2D eigenvalue weighted by Crippen LogP contribution is -2.38. The van der Waals surface area contributed by atoms with E-state index in [0.717, 1.165) is 18.6 Å². The molecule has 2 atom stereocenters. The third kappa shape index (κ3) is 6.05. The molecule has 0 bridgehead atoms. The van der Waals surface area contributed by atoms with E-state index in [1.54, 1.807) is 11.8 Å². The highest BCUT2D eigenvalue weighted by atomic mass is 32.2. The van der Waals surface area contributed by atoms with Gasteiger partial charge in [0.25, 0.3) is 0 Å². The molecule has 0 aliphatic rings. The zero-order chi connectivity index (χ0) is 11.8. The van der Waals surface area contributed by atoms with E-state index in [2.05, 4.69) is 13.2 Å². The zero-order valence-corrected chi connectivity index (χ0v) is 11.1. The largest absolute Gasteiger partial charge is 0.342 e. The molecule has 0 saturated carbocycles. The van der Waals surface area contributed by atoms with Crippen molar-refractivity contribution >= 4 is 17.7 Å². The van der Waals surface area contributed by atoms with Crippen molar-refractivity contribution < 1.29 is 4.79 Å². The molecule has 0 rings (SSSR count). The van der Waals surface area contributed by atoms with Crippen molar-refractivity contribution in [2.75, 3.05) is 19.1 Å². The van der Waals surface area contributed by atoms with Crippen LogP contribution >= 0.6 is 11.8 Å². The van der Waals surface area contributed by atoms with Gasteiger partial charge in [-0.1, -0.05) is 6.92 Å². The normalized spacial score (nSPS) is 14.7. The summed E-state index contributed by atoms with van der Waals surface area (Å²) >= 11 is 1.79. The molecule has 0 heterocycles. The Morgan fingerprint density at radius 2 is 2.13 bits per heavy atom. The number of amides is 1. The number of hydrogen-bond donors (Lipinski definition) is 1. The Balaban J connectivity index is 4.04. The van der Waals surface area contributed by atoms with Crippen LogP contribution in [0.4, 0.5) is 0 Å². The molecule has 0 aliphatic heterocycles. The van der Waals surface area contributed by atoms with E-state index < -0.39 is 0 Å². The predicted molar refractivity (Wildman–Crippen MR) is 68.1 cm³/mol. The van der Waals surface area contributed by atoms with Crippen molar-refractivity contribution in [1.82, 2.24) is 4.90 Å². The third-order valence-electron chi connectivity index (χ3n) is 2.58. The van der Waals surface area contributed by atoms with Gasteiger partial charge in [-0.15, -0.1) is 0 Å². The molecule has 0 aromatic heterocycles. The summed E-state index contributed by atoms with van der Waals surface area (Å²) in [7, 11) is 1.90. The van der Waals surface area contributed by atoms with Crippen molar-refractivity contribution in [3.8, 4) is 0 Å². The highest BCUT2D eigenvalue weighted by Crippen LogP contribution is 2.10. The molecule has 0 saturated heterocycles. The van der Waals surface area contributed by atoms with Gasteiger partial charge in [0.05, 0.1) is 0 Å². The first-order valence-electron chi connectivity index (χ1n) is 5.53. The first kappa shape index (κ1) is 14.8. The minimum absolute atomic E-state index is 0.114. The van der Waals surface area contributed by atoms with Gasteiger partial charge in [0.1, 0.15) is 0 Å². The molecule has 4 heteroatoms. The van der Waals surface area contributed by atoms with Crippen molar-refractivity contribution in [2.24, 2.45) is 5.73 Å². The van der Waals surface area contributed by atoms with Crippen LogP contribution in [0.15, 0.2) is 0 Å². The van der Waals surface area contributed by atoms with Crippen molar-refractivity contribution in [3.63, 3.8) is 0 Å². The van der Waals surface area contributed by atoms with Crippen LogP contribution in [0.3, 0.4) is 0 Å². The number of nitrogens with zero attached hydrogens (tertiary/aromatic N) is 1. The lowest BCUT2D eigenvalue weighted by atomic mass is 10.1. The van der Waals surface area contributed by atoms with Crippen LogP contribution in [0.25, 0.3) is 0 Å². The van der Waals surface area contributed by atoms with Gasteiger partial charge in [0.2, 0.25) is 5.91 Å². The van der Waals surface area contributed by atoms with Gasteiger partial charge in [-0.25, -0.2) is 0 Å². The van der Waals surface area contributed by atoms with E-state index in [-0.39, 0.29) is 11.9 Å². The first-order chi connectivity index (χ1) is 7.02. The molecule has 0 radical (unpaired) electrons. The van der Waals surface area contributed by atoms with Crippen LogP contribution in [0.5, 0.6) is 0 Å². The summed E-state index contributed by atoms with van der Waals surface area (Å²) in [4.78, 5) is 13.7. The van der Waals surface area contributed by atoms with Crippen LogP contribution in [0.1, 0.15) is 33.1 Å². The quantitative estimate of drug-likeness (QED) is 0.727. The first-order valence-corrected chi connectivity index (χ1v) is 6.92. The molecular formula is C11H24N2OS. The standard InChI is InChI=1S/C11H24N2OS/c1-5-10(8-15-4)13(3)11(14)7-6-9(2)12/h9-10H,5-8,12H2,1-4H3. The second-order valence-corrected chi connectivity index (χ2v) is 4.95. The Morgan fingerprint density at radius 1 is 1.53 bits per heavy atom. The minimum atomic E-state index is 0.114. The van der Waals surface area contributed by atoms with Crippen LogP contribution in [0.2, 0.25) is 0 Å². The number of nitrogens with two attached hydrogens (primary N) is 1. The molecule has 2 N–H and O–H groups in total. The number of carbonyl (C=O) groups excluding carboxylic acids is 1. The Hall–Kier alpha value is -0.220. The number of rotatable bonds is 7. The molecule has 3 nitrogen and oxygen atoms in total. The van der Waals surface area contributed by atoms with E-state index in [9.17, 15) is 4.79 Å². The van der Waals surface area contributed by atoms with Crippen LogP contribution in [-0.4, -0.2) is 41.9 Å². The summed E-state index contributed by atoms with van der Waals surface area (Å²) < 4.78 is 0. The average Bonchev–Trinajstić information content (AvgIpc) is 2.21. The number of hydrogen-bond acceptors (Lipinski definition) is 3. The topological polar surface area (TPSA) is 46.3 Å². The van der Waals surface area contributed by atoms with Crippen molar-refractivity contribution in [1.29, 1.82) is 0 Å². The zero-order valence-electron chi connectivity index (χ0n) is 10.3. The minimum Gasteiger partial charge on any atom is -0.342 e. The van der Waals surface area contributed by atoms with Crippen molar-refractivity contribution in [3.05, 3.63) is 0 Å². The fourth-order valence-corrected chi connectivity index (χ4v) is 2.27. The molecule has 0 aliphatic carbocycles. The van der Waals surface area contributed by atoms with Gasteiger partial charge in [-0.2, -0.15) is 11.8 Å². The molecule has 0 fully saturated rings. The van der Waals surface area contributed by atoms with Gasteiger partial charge in [-0.05, 0) is 26.0 Å². The van der Waals surface area contributed by atoms with Gasteiger partial charge in [0.15, 0.2) is 0 Å². The van der Waals surface area contributed by atoms with Crippen molar-refractivity contribution in [2.45, 2.75) is 45.2 Å². The highest BCUT2D eigenvalue weighted by Gasteiger charge is 2.17. The maximum atomic E-state index is 11.8. The highest BCUT2D eigenvalue weighted by molar-refractivity contribution is 7.98. The number of thioether (sulfide) groups is 1. The predicted octanol–water partition coefficient (Wildman–Crippen LogP) is 1.71. The van der Waals surface area contributed by atoms with E-state index in [1.807, 2.05) is 18.9 Å². The lowest BCUT2D eigenvalue weighted by molar-refractivity contribution is -0.131. The van der Waals surface area contributed by atoms with E-state index >= 15 is 0 Å². The molecule has 90 valence electrons. The maximum Gasteiger partial charge on any atom is 0.222 e. The summed E-state index contributed by atoms with van der Waals surface area (Å²) in [6.45, 7) is 4.06. The Morgan fingerprint density at radius 3 is 2.53 bits per heavy atom. The molecule has 2 unspecified atom stereocenters. The fraction of sp³-hybridized carbons (Fsp3) is 0.909. The van der Waals surface area contributed by atoms with Gasteiger partial charge < -0.3 is 10.6 Å². The summed E-state index contributed by atoms with van der Waals surface area (Å²) in [6.07, 6.45) is 4.43. The third-order valence-corrected chi connectivity index (χ3v) is 3.30. The molecule has 0 spiro atoms. The van der Waals surface area contributed by atoms with E-state index in [1.165, 1.54) is 0 Å². The van der Waals surface area contributed by atoms with Gasteiger partial charge in [-0.3, -0.25) is 4.79 Å². The summed E-state index contributed by atoms with van der Waals surface area (Å²) in [5, 5.41) is 0. The molecule has 0 aromatic rings. The second kappa shape index (κ2) is 7.99. The smallest absolute Gasteiger partial charge is 0.222 e. The Kier molecular flexibility index (Phi) is 7.88. The SMILES string of the molecule is CCC(CSC)N(C)C(=O)CCC(C)N. The molecule has 0 aromatic carbocycles. The lowest BCUT2D eigenvalue weighted by Gasteiger charge is -2.27.